The minimum atomic E-state index is 0.0470. The van der Waals surface area contributed by atoms with Crippen LogP contribution in [0.15, 0.2) is 102 Å². The third kappa shape index (κ3) is 3.09. The van der Waals surface area contributed by atoms with Crippen molar-refractivity contribution >= 4 is 0 Å². The first-order valence-corrected chi connectivity index (χ1v) is 8.66. The van der Waals surface area contributed by atoms with E-state index in [1.54, 1.807) is 0 Å². The summed E-state index contributed by atoms with van der Waals surface area (Å²) in [7, 11) is 0. The summed E-state index contributed by atoms with van der Waals surface area (Å²) in [4.78, 5) is 13.2. The average molecular weight is 337 g/mol. The summed E-state index contributed by atoms with van der Waals surface area (Å²) in [5.74, 6) is 0. The molecule has 4 aromatic rings. The van der Waals surface area contributed by atoms with Crippen LogP contribution in [0.1, 0.15) is 5.56 Å². The van der Waals surface area contributed by atoms with Gasteiger partial charge in [-0.05, 0) is 30.2 Å². The van der Waals surface area contributed by atoms with Crippen LogP contribution in [0, 0.1) is 6.92 Å². The van der Waals surface area contributed by atoms with Gasteiger partial charge in [0, 0.05) is 29.2 Å². The lowest BCUT2D eigenvalue weighted by Gasteiger charge is -2.13. The number of pyridine rings is 1. The van der Waals surface area contributed by atoms with Gasteiger partial charge in [0.25, 0.3) is 0 Å². The fourth-order valence-corrected chi connectivity index (χ4v) is 3.09. The maximum Gasteiger partial charge on any atom is 0.197 e. The molecule has 0 aliphatic carbocycles. The zero-order chi connectivity index (χ0) is 17.9. The van der Waals surface area contributed by atoms with E-state index < -0.39 is 0 Å². The minimum absolute atomic E-state index is 0.0470. The van der Waals surface area contributed by atoms with E-state index in [2.05, 4.69) is 31.2 Å². The quantitative estimate of drug-likeness (QED) is 0.485. The van der Waals surface area contributed by atoms with Crippen molar-refractivity contribution in [2.75, 3.05) is 0 Å². The minimum Gasteiger partial charge on any atom is -0.322 e. The van der Waals surface area contributed by atoms with Gasteiger partial charge in [-0.2, -0.15) is 0 Å². The van der Waals surface area contributed by atoms with Gasteiger partial charge >= 0.3 is 0 Å². The fraction of sp³-hybridized carbons (Fsp3) is 0.0417. The molecule has 0 radical (unpaired) electrons. The molecule has 0 N–H and O–H groups in total. The summed E-state index contributed by atoms with van der Waals surface area (Å²) < 4.78 is 2.03. The van der Waals surface area contributed by atoms with Crippen molar-refractivity contribution in [2.24, 2.45) is 0 Å². The van der Waals surface area contributed by atoms with Crippen LogP contribution in [0.3, 0.4) is 0 Å². The van der Waals surface area contributed by atoms with Gasteiger partial charge in [0.05, 0.1) is 0 Å². The van der Waals surface area contributed by atoms with Crippen LogP contribution in [0.2, 0.25) is 0 Å². The Bertz CT molecular complexity index is 1010. The van der Waals surface area contributed by atoms with Crippen LogP contribution in [0.25, 0.3) is 27.9 Å². The predicted molar refractivity (Wildman–Crippen MR) is 108 cm³/mol. The van der Waals surface area contributed by atoms with Gasteiger partial charge in [0.15, 0.2) is 5.43 Å². The van der Waals surface area contributed by atoms with Crippen LogP contribution < -0.4 is 5.43 Å². The highest BCUT2D eigenvalue weighted by Gasteiger charge is 2.12. The predicted octanol–water partition coefficient (Wildman–Crippen LogP) is 5.48. The number of aromatic nitrogens is 1. The van der Waals surface area contributed by atoms with Crippen LogP contribution >= 0.6 is 0 Å². The summed E-state index contributed by atoms with van der Waals surface area (Å²) >= 11 is 0. The summed E-state index contributed by atoms with van der Waals surface area (Å²) in [6.07, 6.45) is 3.85. The Hall–Kier alpha value is -3.39. The normalized spacial score (nSPS) is 10.7. The van der Waals surface area contributed by atoms with Crippen LogP contribution in [-0.4, -0.2) is 4.57 Å². The lowest BCUT2D eigenvalue weighted by atomic mass is 10.0. The number of rotatable bonds is 3. The lowest BCUT2D eigenvalue weighted by Crippen LogP contribution is -2.12. The van der Waals surface area contributed by atoms with Crippen molar-refractivity contribution in [1.29, 1.82) is 0 Å². The zero-order valence-corrected chi connectivity index (χ0v) is 14.6. The molecule has 1 aromatic heterocycles. The third-order valence-corrected chi connectivity index (χ3v) is 4.53. The van der Waals surface area contributed by atoms with E-state index in [0.717, 1.165) is 16.8 Å². The molecule has 0 saturated carbocycles. The number of benzene rings is 3. The Morgan fingerprint density at radius 3 is 1.54 bits per heavy atom. The molecule has 0 fully saturated rings. The highest BCUT2D eigenvalue weighted by molar-refractivity contribution is 5.72. The van der Waals surface area contributed by atoms with Crippen molar-refractivity contribution in [3.05, 3.63) is 113 Å². The molecule has 0 spiro atoms. The molecule has 2 nitrogen and oxygen atoms in total. The van der Waals surface area contributed by atoms with E-state index in [1.165, 1.54) is 5.56 Å². The van der Waals surface area contributed by atoms with Gasteiger partial charge in [-0.3, -0.25) is 4.79 Å². The molecular weight excluding hydrogens is 318 g/mol. The van der Waals surface area contributed by atoms with Gasteiger partial charge in [-0.15, -0.1) is 0 Å². The van der Waals surface area contributed by atoms with E-state index in [4.69, 9.17) is 0 Å². The Morgan fingerprint density at radius 1 is 0.615 bits per heavy atom. The van der Waals surface area contributed by atoms with Gasteiger partial charge in [-0.25, -0.2) is 0 Å². The molecule has 0 atom stereocenters. The fourth-order valence-electron chi connectivity index (χ4n) is 3.09. The summed E-state index contributed by atoms with van der Waals surface area (Å²) in [6, 6.07) is 28.0. The SMILES string of the molecule is Cc1ccc(-n2cc(-c3ccccc3)c(=O)c(-c3ccccc3)c2)cc1. The first kappa shape index (κ1) is 16.1. The van der Waals surface area contributed by atoms with Crippen LogP contribution in [-0.2, 0) is 0 Å². The second-order valence-electron chi connectivity index (χ2n) is 6.39. The summed E-state index contributed by atoms with van der Waals surface area (Å²) in [5.41, 5.74) is 5.55. The lowest BCUT2D eigenvalue weighted by molar-refractivity contribution is 1.04. The molecule has 1 heterocycles. The van der Waals surface area contributed by atoms with E-state index >= 15 is 0 Å². The average Bonchev–Trinajstić information content (AvgIpc) is 2.70. The highest BCUT2D eigenvalue weighted by atomic mass is 16.1. The van der Waals surface area contributed by atoms with Gasteiger partial charge in [0.1, 0.15) is 0 Å². The van der Waals surface area contributed by atoms with Crippen LogP contribution in [0.5, 0.6) is 0 Å². The molecule has 0 saturated heterocycles. The first-order chi connectivity index (χ1) is 12.7. The van der Waals surface area contributed by atoms with Gasteiger partial charge in [0.2, 0.25) is 0 Å². The third-order valence-electron chi connectivity index (χ3n) is 4.53. The molecule has 0 aliphatic rings. The Morgan fingerprint density at radius 2 is 1.08 bits per heavy atom. The summed E-state index contributed by atoms with van der Waals surface area (Å²) in [5, 5.41) is 0. The largest absolute Gasteiger partial charge is 0.322 e. The highest BCUT2D eigenvalue weighted by Crippen LogP contribution is 2.23. The first-order valence-electron chi connectivity index (χ1n) is 8.66. The zero-order valence-electron chi connectivity index (χ0n) is 14.6. The van der Waals surface area contributed by atoms with Crippen molar-refractivity contribution < 1.29 is 0 Å². The Kier molecular flexibility index (Phi) is 4.24. The Labute approximate surface area is 153 Å². The molecule has 126 valence electrons. The maximum absolute atomic E-state index is 13.2. The molecule has 0 bridgehead atoms. The number of nitrogens with zero attached hydrogens (tertiary/aromatic N) is 1. The van der Waals surface area contributed by atoms with Gasteiger partial charge < -0.3 is 4.57 Å². The van der Waals surface area contributed by atoms with Crippen LogP contribution in [0.4, 0.5) is 0 Å². The molecular formula is C24H19NO. The molecule has 2 heteroatoms. The molecule has 0 amide bonds. The monoisotopic (exact) mass is 337 g/mol. The van der Waals surface area contributed by atoms with Crippen molar-refractivity contribution in [3.8, 4) is 27.9 Å². The van der Waals surface area contributed by atoms with E-state index in [1.807, 2.05) is 77.6 Å². The van der Waals surface area contributed by atoms with Crippen molar-refractivity contribution in [3.63, 3.8) is 0 Å². The topological polar surface area (TPSA) is 22.0 Å². The maximum atomic E-state index is 13.2. The molecule has 26 heavy (non-hydrogen) atoms. The second kappa shape index (κ2) is 6.85. The number of hydrogen-bond donors (Lipinski definition) is 0. The molecule has 3 aromatic carbocycles. The summed E-state index contributed by atoms with van der Waals surface area (Å²) in [6.45, 7) is 2.07. The molecule has 0 aliphatic heterocycles. The molecule has 0 unspecified atom stereocenters. The van der Waals surface area contributed by atoms with Crippen molar-refractivity contribution in [1.82, 2.24) is 4.57 Å². The smallest absolute Gasteiger partial charge is 0.197 e. The van der Waals surface area contributed by atoms with E-state index in [9.17, 15) is 4.79 Å². The molecule has 4 rings (SSSR count). The Balaban J connectivity index is 1.98. The van der Waals surface area contributed by atoms with Crippen molar-refractivity contribution in [2.45, 2.75) is 6.92 Å². The van der Waals surface area contributed by atoms with E-state index in [0.29, 0.717) is 11.1 Å². The second-order valence-corrected chi connectivity index (χ2v) is 6.39. The van der Waals surface area contributed by atoms with E-state index in [-0.39, 0.29) is 5.43 Å². The number of aryl methyl sites for hydroxylation is 1. The standard InChI is InChI=1S/C24H19NO/c1-18-12-14-21(15-13-18)25-16-22(19-8-4-2-5-9-19)24(26)23(17-25)20-10-6-3-7-11-20/h2-17H,1H3. The van der Waals surface area contributed by atoms with Gasteiger partial charge in [-0.1, -0.05) is 78.4 Å². The number of hydrogen-bond acceptors (Lipinski definition) is 1.